The maximum Gasteiger partial charge on any atom is 0.416 e. The number of hydrogen-bond donors (Lipinski definition) is 1. The van der Waals surface area contributed by atoms with E-state index in [1.165, 1.54) is 6.07 Å². The third-order valence-corrected chi connectivity index (χ3v) is 3.62. The van der Waals surface area contributed by atoms with Crippen molar-refractivity contribution in [2.75, 3.05) is 26.2 Å². The Labute approximate surface area is 136 Å². The van der Waals surface area contributed by atoms with Gasteiger partial charge in [0.25, 0.3) is 0 Å². The third-order valence-electron chi connectivity index (χ3n) is 3.62. The number of hydrogen-bond acceptors (Lipinski definition) is 2. The minimum absolute atomic E-state index is 0. The summed E-state index contributed by atoms with van der Waals surface area (Å²) in [5, 5.41) is 3.02. The molecule has 132 valence electrons. The van der Waals surface area contributed by atoms with Crippen molar-refractivity contribution < 1.29 is 26.3 Å². The molecule has 0 unspecified atom stereocenters. The van der Waals surface area contributed by atoms with Crippen molar-refractivity contribution in [1.82, 2.24) is 10.2 Å². The number of alkyl halides is 6. The van der Waals surface area contributed by atoms with Gasteiger partial charge >= 0.3 is 12.4 Å². The minimum Gasteiger partial charge on any atom is -0.314 e. The van der Waals surface area contributed by atoms with E-state index < -0.39 is 30.4 Å². The van der Waals surface area contributed by atoms with Gasteiger partial charge in [0.1, 0.15) is 0 Å². The first-order valence-corrected chi connectivity index (χ1v) is 6.85. The summed E-state index contributed by atoms with van der Waals surface area (Å²) in [5.74, 6) is 0. The van der Waals surface area contributed by atoms with Crippen LogP contribution < -0.4 is 5.32 Å². The molecule has 9 heteroatoms. The summed E-state index contributed by atoms with van der Waals surface area (Å²) in [7, 11) is 0. The summed E-state index contributed by atoms with van der Waals surface area (Å²) in [4.78, 5) is 1.58. The molecule has 0 saturated carbocycles. The van der Waals surface area contributed by atoms with Crippen LogP contribution in [0.1, 0.15) is 23.6 Å². The van der Waals surface area contributed by atoms with Crippen LogP contribution in [-0.2, 0) is 6.18 Å². The van der Waals surface area contributed by atoms with E-state index in [4.69, 9.17) is 0 Å². The molecule has 23 heavy (non-hydrogen) atoms. The molecule has 1 aromatic carbocycles. The molecular weight excluding hydrogens is 346 g/mol. The van der Waals surface area contributed by atoms with Gasteiger partial charge in [0.2, 0.25) is 0 Å². The van der Waals surface area contributed by atoms with Gasteiger partial charge in [-0.2, -0.15) is 26.3 Å². The van der Waals surface area contributed by atoms with E-state index >= 15 is 0 Å². The first-order chi connectivity index (χ1) is 10.2. The predicted octanol–water partition coefficient (Wildman–Crippen LogP) is 4.03. The van der Waals surface area contributed by atoms with Crippen LogP contribution in [0.4, 0.5) is 26.3 Å². The molecule has 0 spiro atoms. The van der Waals surface area contributed by atoms with E-state index in [0.717, 1.165) is 18.2 Å². The van der Waals surface area contributed by atoms with Gasteiger partial charge in [-0.05, 0) is 17.7 Å². The second-order valence-corrected chi connectivity index (χ2v) is 5.24. The number of nitrogens with one attached hydrogen (secondary N) is 1. The summed E-state index contributed by atoms with van der Waals surface area (Å²) in [6.07, 6.45) is -10.2. The van der Waals surface area contributed by atoms with Gasteiger partial charge < -0.3 is 5.32 Å². The lowest BCUT2D eigenvalue weighted by Crippen LogP contribution is -2.46. The zero-order valence-corrected chi connectivity index (χ0v) is 12.9. The molecule has 0 aromatic heterocycles. The van der Waals surface area contributed by atoms with Crippen LogP contribution in [0.15, 0.2) is 24.3 Å². The van der Waals surface area contributed by atoms with Crippen molar-refractivity contribution in [3.63, 3.8) is 0 Å². The number of rotatable bonds is 3. The highest BCUT2D eigenvalue weighted by Gasteiger charge is 2.37. The maximum atomic E-state index is 12.8. The Morgan fingerprint density at radius 1 is 1.04 bits per heavy atom. The second kappa shape index (κ2) is 7.72. The Hall–Kier alpha value is -0.990. The Morgan fingerprint density at radius 3 is 2.17 bits per heavy atom. The summed E-state index contributed by atoms with van der Waals surface area (Å²) in [6.45, 7) is 1.79. The summed E-state index contributed by atoms with van der Waals surface area (Å²) < 4.78 is 76.7. The minimum atomic E-state index is -4.57. The monoisotopic (exact) mass is 362 g/mol. The molecule has 2 nitrogen and oxygen atoms in total. The summed E-state index contributed by atoms with van der Waals surface area (Å²) in [5.41, 5.74) is -0.874. The van der Waals surface area contributed by atoms with Gasteiger partial charge in [-0.25, -0.2) is 0 Å². The molecule has 1 heterocycles. The fourth-order valence-corrected chi connectivity index (χ4v) is 2.59. The van der Waals surface area contributed by atoms with Crippen molar-refractivity contribution in [1.29, 1.82) is 0 Å². The van der Waals surface area contributed by atoms with Crippen LogP contribution in [0.5, 0.6) is 0 Å². The zero-order chi connectivity index (χ0) is 16.4. The van der Waals surface area contributed by atoms with Crippen molar-refractivity contribution in [2.24, 2.45) is 0 Å². The van der Waals surface area contributed by atoms with Crippen molar-refractivity contribution in [3.8, 4) is 0 Å². The SMILES string of the molecule is Cl.FC(F)(F)C[C@H](c1cccc(C(F)(F)F)c1)N1CCNCC1. The quantitative estimate of drug-likeness (QED) is 0.817. The van der Waals surface area contributed by atoms with Gasteiger partial charge in [-0.3, -0.25) is 4.90 Å². The Bertz CT molecular complexity index is 497. The van der Waals surface area contributed by atoms with E-state index in [-0.39, 0.29) is 18.0 Å². The molecule has 1 N–H and O–H groups in total. The van der Waals surface area contributed by atoms with Crippen molar-refractivity contribution >= 4 is 12.4 Å². The van der Waals surface area contributed by atoms with Gasteiger partial charge in [0.15, 0.2) is 0 Å². The van der Waals surface area contributed by atoms with Gasteiger partial charge in [0.05, 0.1) is 12.0 Å². The van der Waals surface area contributed by atoms with Crippen molar-refractivity contribution in [3.05, 3.63) is 35.4 Å². The zero-order valence-electron chi connectivity index (χ0n) is 12.0. The van der Waals surface area contributed by atoms with Crippen LogP contribution in [-0.4, -0.2) is 37.3 Å². The topological polar surface area (TPSA) is 15.3 Å². The fraction of sp³-hybridized carbons (Fsp3) is 0.571. The van der Waals surface area contributed by atoms with E-state index in [9.17, 15) is 26.3 Å². The average Bonchev–Trinajstić information content (AvgIpc) is 2.44. The van der Waals surface area contributed by atoms with E-state index in [2.05, 4.69) is 5.32 Å². The highest BCUT2D eigenvalue weighted by atomic mass is 35.5. The lowest BCUT2D eigenvalue weighted by atomic mass is 9.98. The molecule has 1 atom stereocenters. The molecule has 1 aliphatic rings. The standard InChI is InChI=1S/C14H16F6N2.ClH/c15-13(16,17)9-12(22-6-4-21-5-7-22)10-2-1-3-11(8-10)14(18,19)20;/h1-3,8,12,21H,4-7,9H2;1H/t12-;/m1./s1. The largest absolute Gasteiger partial charge is 0.416 e. The normalized spacial score (nSPS) is 18.3. The van der Waals surface area contributed by atoms with Crippen LogP contribution in [0.3, 0.4) is 0 Å². The molecule has 0 aliphatic carbocycles. The summed E-state index contributed by atoms with van der Waals surface area (Å²) >= 11 is 0. The van der Waals surface area contributed by atoms with Crippen LogP contribution >= 0.6 is 12.4 Å². The van der Waals surface area contributed by atoms with Crippen LogP contribution in [0.25, 0.3) is 0 Å². The molecule has 2 rings (SSSR count). The number of benzene rings is 1. The van der Waals surface area contributed by atoms with Gasteiger partial charge in [0, 0.05) is 32.2 Å². The van der Waals surface area contributed by atoms with Crippen LogP contribution in [0, 0.1) is 0 Å². The molecule has 1 fully saturated rings. The number of halogens is 7. The highest BCUT2D eigenvalue weighted by molar-refractivity contribution is 5.85. The fourth-order valence-electron chi connectivity index (χ4n) is 2.59. The van der Waals surface area contributed by atoms with E-state index in [0.29, 0.717) is 26.2 Å². The highest BCUT2D eigenvalue weighted by Crippen LogP contribution is 2.36. The van der Waals surface area contributed by atoms with Gasteiger partial charge in [-0.1, -0.05) is 12.1 Å². The number of nitrogens with zero attached hydrogens (tertiary/aromatic N) is 1. The molecular formula is C14H17ClF6N2. The molecule has 1 saturated heterocycles. The van der Waals surface area contributed by atoms with Crippen molar-refractivity contribution in [2.45, 2.75) is 24.8 Å². The Balaban J connectivity index is 0.00000264. The predicted molar refractivity (Wildman–Crippen MR) is 76.5 cm³/mol. The smallest absolute Gasteiger partial charge is 0.314 e. The lowest BCUT2D eigenvalue weighted by Gasteiger charge is -2.35. The second-order valence-electron chi connectivity index (χ2n) is 5.24. The van der Waals surface area contributed by atoms with Crippen LogP contribution in [0.2, 0.25) is 0 Å². The first kappa shape index (κ1) is 20.1. The molecule has 1 aliphatic heterocycles. The first-order valence-electron chi connectivity index (χ1n) is 6.85. The molecule has 1 aromatic rings. The molecule has 0 bridgehead atoms. The van der Waals surface area contributed by atoms with Gasteiger partial charge in [-0.15, -0.1) is 12.4 Å². The van der Waals surface area contributed by atoms with E-state index in [1.807, 2.05) is 0 Å². The third kappa shape index (κ3) is 5.86. The molecule has 0 amide bonds. The maximum absolute atomic E-state index is 12.8. The van der Waals surface area contributed by atoms with E-state index in [1.54, 1.807) is 4.90 Å². The average molecular weight is 363 g/mol. The number of piperazine rings is 1. The Morgan fingerprint density at radius 2 is 1.65 bits per heavy atom. The lowest BCUT2D eigenvalue weighted by molar-refractivity contribution is -0.148. The summed E-state index contributed by atoms with van der Waals surface area (Å²) in [6, 6.07) is 3.08. The molecule has 0 radical (unpaired) electrons. The Kier molecular flexibility index (Phi) is 6.73.